The highest BCUT2D eigenvalue weighted by Gasteiger charge is 2.08. The highest BCUT2D eigenvalue weighted by molar-refractivity contribution is 14.0. The molecule has 0 aliphatic rings. The Hall–Kier alpha value is -1.17. The first kappa shape index (κ1) is 22.9. The molecule has 0 saturated carbocycles. The smallest absolute Gasteiger partial charge is 0.238 e. The lowest BCUT2D eigenvalue weighted by Gasteiger charge is -2.15. The fraction of sp³-hybridized carbons (Fsp3) is 0.353. The number of nitrogens with zero attached hydrogens (tertiary/aromatic N) is 1. The molecule has 9 heteroatoms. The van der Waals surface area contributed by atoms with Gasteiger partial charge in [0.2, 0.25) is 10.0 Å². The Balaban J connectivity index is 0.00000338. The zero-order valence-electron chi connectivity index (χ0n) is 14.8. The van der Waals surface area contributed by atoms with Crippen LogP contribution in [0.3, 0.4) is 0 Å². The van der Waals surface area contributed by atoms with Crippen LogP contribution in [0, 0.1) is 0 Å². The maximum Gasteiger partial charge on any atom is 0.238 e. The minimum Gasteiger partial charge on any atom is -0.357 e. The molecule has 0 saturated heterocycles. The van der Waals surface area contributed by atoms with E-state index in [4.69, 9.17) is 5.14 Å². The standard InChI is InChI=1S/C17H24N4O2S2.HI/c1-3-19-17(20-11-13(2)16-5-4-10-24-16)21-12-14-6-8-15(9-7-14)25(18,22)23;/h4-10,13H,3,11-12H2,1-2H3,(H2,18,22,23)(H2,19,20,21);1H. The lowest BCUT2D eigenvalue weighted by atomic mass is 10.1. The molecule has 0 fully saturated rings. The molecule has 26 heavy (non-hydrogen) atoms. The number of primary sulfonamides is 1. The highest BCUT2D eigenvalue weighted by Crippen LogP contribution is 2.19. The molecule has 0 aliphatic heterocycles. The molecule has 0 spiro atoms. The zero-order chi connectivity index (χ0) is 18.3. The summed E-state index contributed by atoms with van der Waals surface area (Å²) in [6.07, 6.45) is 0. The second-order valence-corrected chi connectivity index (χ2v) is 8.22. The van der Waals surface area contributed by atoms with Gasteiger partial charge in [-0.1, -0.05) is 25.1 Å². The lowest BCUT2D eigenvalue weighted by Crippen LogP contribution is -2.39. The second-order valence-electron chi connectivity index (χ2n) is 5.68. The number of nitrogens with one attached hydrogen (secondary N) is 2. The Morgan fingerprint density at radius 3 is 2.46 bits per heavy atom. The van der Waals surface area contributed by atoms with Crippen LogP contribution < -0.4 is 15.8 Å². The van der Waals surface area contributed by atoms with E-state index in [1.165, 1.54) is 17.0 Å². The largest absolute Gasteiger partial charge is 0.357 e. The van der Waals surface area contributed by atoms with Crippen molar-refractivity contribution >= 4 is 51.3 Å². The van der Waals surface area contributed by atoms with Crippen LogP contribution in [0.1, 0.15) is 30.2 Å². The third-order valence-corrected chi connectivity index (χ3v) is 5.65. The van der Waals surface area contributed by atoms with E-state index in [2.05, 4.69) is 40.1 Å². The summed E-state index contributed by atoms with van der Waals surface area (Å²) >= 11 is 1.75. The van der Waals surface area contributed by atoms with Gasteiger partial charge in [-0.05, 0) is 36.1 Å². The number of benzene rings is 1. The number of hydrogen-bond donors (Lipinski definition) is 3. The van der Waals surface area contributed by atoms with Crippen molar-refractivity contribution in [2.75, 3.05) is 13.1 Å². The molecule has 0 amide bonds. The molecular formula is C17H25IN4O2S2. The number of thiophene rings is 1. The van der Waals surface area contributed by atoms with Crippen LogP contribution in [-0.4, -0.2) is 27.5 Å². The van der Waals surface area contributed by atoms with Gasteiger partial charge in [-0.3, -0.25) is 0 Å². The summed E-state index contributed by atoms with van der Waals surface area (Å²) in [6.45, 7) is 6.20. The lowest BCUT2D eigenvalue weighted by molar-refractivity contribution is 0.598. The third-order valence-electron chi connectivity index (χ3n) is 3.62. The summed E-state index contributed by atoms with van der Waals surface area (Å²) < 4.78 is 22.5. The zero-order valence-corrected chi connectivity index (χ0v) is 18.8. The van der Waals surface area contributed by atoms with Crippen molar-refractivity contribution in [2.45, 2.75) is 31.2 Å². The summed E-state index contributed by atoms with van der Waals surface area (Å²) in [4.78, 5) is 5.99. The number of sulfonamides is 1. The molecule has 0 radical (unpaired) electrons. The van der Waals surface area contributed by atoms with Crippen molar-refractivity contribution in [3.05, 3.63) is 52.2 Å². The number of nitrogens with two attached hydrogens (primary N) is 1. The minimum atomic E-state index is -3.66. The molecule has 2 aromatic rings. The Kier molecular flexibility index (Phi) is 9.55. The second kappa shape index (κ2) is 10.9. The number of rotatable bonds is 7. The number of aliphatic imine (C=N–C) groups is 1. The van der Waals surface area contributed by atoms with E-state index >= 15 is 0 Å². The van der Waals surface area contributed by atoms with Crippen molar-refractivity contribution in [3.63, 3.8) is 0 Å². The van der Waals surface area contributed by atoms with Crippen molar-refractivity contribution in [3.8, 4) is 0 Å². The number of halogens is 1. The van der Waals surface area contributed by atoms with Crippen LogP contribution in [0.4, 0.5) is 0 Å². The Morgan fingerprint density at radius 1 is 1.23 bits per heavy atom. The summed E-state index contributed by atoms with van der Waals surface area (Å²) in [5, 5.41) is 13.7. The van der Waals surface area contributed by atoms with E-state index in [0.717, 1.165) is 24.6 Å². The predicted octanol–water partition coefficient (Wildman–Crippen LogP) is 2.87. The molecule has 1 aromatic heterocycles. The van der Waals surface area contributed by atoms with E-state index < -0.39 is 10.0 Å². The van der Waals surface area contributed by atoms with Gasteiger partial charge in [-0.15, -0.1) is 35.3 Å². The SMILES string of the molecule is CCNC(=NCc1ccc(S(N)(=O)=O)cc1)NCC(C)c1cccs1.I. The number of hydrogen-bond acceptors (Lipinski definition) is 4. The fourth-order valence-electron chi connectivity index (χ4n) is 2.22. The maximum atomic E-state index is 11.3. The molecule has 0 aliphatic carbocycles. The normalized spacial score (nSPS) is 13.0. The Bertz CT molecular complexity index is 791. The topological polar surface area (TPSA) is 96.6 Å². The predicted molar refractivity (Wildman–Crippen MR) is 119 cm³/mol. The van der Waals surface area contributed by atoms with Gasteiger partial charge in [0.1, 0.15) is 0 Å². The molecule has 0 bridgehead atoms. The van der Waals surface area contributed by atoms with Crippen molar-refractivity contribution in [2.24, 2.45) is 10.1 Å². The molecular weight excluding hydrogens is 483 g/mol. The van der Waals surface area contributed by atoms with E-state index in [1.807, 2.05) is 6.92 Å². The van der Waals surface area contributed by atoms with E-state index in [9.17, 15) is 8.42 Å². The molecule has 1 atom stereocenters. The van der Waals surface area contributed by atoms with Crippen LogP contribution in [0.15, 0.2) is 51.7 Å². The van der Waals surface area contributed by atoms with Crippen molar-refractivity contribution in [1.29, 1.82) is 0 Å². The first-order valence-electron chi connectivity index (χ1n) is 8.07. The van der Waals surface area contributed by atoms with E-state index in [1.54, 1.807) is 23.5 Å². The molecule has 1 unspecified atom stereocenters. The van der Waals surface area contributed by atoms with Crippen molar-refractivity contribution in [1.82, 2.24) is 10.6 Å². The van der Waals surface area contributed by atoms with E-state index in [0.29, 0.717) is 12.5 Å². The van der Waals surface area contributed by atoms with E-state index in [-0.39, 0.29) is 28.9 Å². The first-order valence-corrected chi connectivity index (χ1v) is 10.5. The Morgan fingerprint density at radius 2 is 1.92 bits per heavy atom. The summed E-state index contributed by atoms with van der Waals surface area (Å²) in [5.41, 5.74) is 0.913. The van der Waals surface area contributed by atoms with Crippen LogP contribution in [0.5, 0.6) is 0 Å². The van der Waals surface area contributed by atoms with Crippen molar-refractivity contribution < 1.29 is 8.42 Å². The van der Waals surface area contributed by atoms with Crippen LogP contribution in [0.2, 0.25) is 0 Å². The molecule has 4 N–H and O–H groups in total. The Labute approximate surface area is 176 Å². The third kappa shape index (κ3) is 7.22. The quantitative estimate of drug-likeness (QED) is 0.305. The van der Waals surface area contributed by atoms with Gasteiger partial charge in [0.25, 0.3) is 0 Å². The molecule has 2 rings (SSSR count). The first-order chi connectivity index (χ1) is 11.9. The van der Waals surface area contributed by atoms with Gasteiger partial charge in [0.15, 0.2) is 5.96 Å². The summed E-state index contributed by atoms with van der Waals surface area (Å²) in [5.74, 6) is 1.14. The van der Waals surface area contributed by atoms with Crippen LogP contribution >= 0.6 is 35.3 Å². The average molecular weight is 508 g/mol. The van der Waals surface area contributed by atoms with Gasteiger partial charge >= 0.3 is 0 Å². The molecule has 144 valence electrons. The van der Waals surface area contributed by atoms with Gasteiger partial charge in [0.05, 0.1) is 11.4 Å². The molecule has 6 nitrogen and oxygen atoms in total. The van der Waals surface area contributed by atoms with Gasteiger partial charge in [-0.25, -0.2) is 18.5 Å². The fourth-order valence-corrected chi connectivity index (χ4v) is 3.52. The minimum absolute atomic E-state index is 0. The highest BCUT2D eigenvalue weighted by atomic mass is 127. The van der Waals surface area contributed by atoms with Gasteiger partial charge in [-0.2, -0.15) is 0 Å². The summed E-state index contributed by atoms with van der Waals surface area (Å²) in [6, 6.07) is 10.6. The van der Waals surface area contributed by atoms with Gasteiger partial charge < -0.3 is 10.6 Å². The van der Waals surface area contributed by atoms with Crippen LogP contribution in [-0.2, 0) is 16.6 Å². The van der Waals surface area contributed by atoms with Crippen LogP contribution in [0.25, 0.3) is 0 Å². The average Bonchev–Trinajstić information content (AvgIpc) is 3.11. The molecule has 1 aromatic carbocycles. The number of guanidine groups is 1. The molecule has 1 heterocycles. The van der Waals surface area contributed by atoms with Gasteiger partial charge in [0, 0.05) is 23.9 Å². The monoisotopic (exact) mass is 508 g/mol. The maximum absolute atomic E-state index is 11.3. The summed E-state index contributed by atoms with van der Waals surface area (Å²) in [7, 11) is -3.66.